The van der Waals surface area contributed by atoms with Crippen LogP contribution in [0.15, 0.2) is 18.2 Å². The van der Waals surface area contributed by atoms with Crippen LogP contribution in [0.2, 0.25) is 0 Å². The van der Waals surface area contributed by atoms with Crippen LogP contribution in [-0.2, 0) is 11.3 Å². The molecule has 0 bridgehead atoms. The van der Waals surface area contributed by atoms with Gasteiger partial charge in [0.1, 0.15) is 5.75 Å². The van der Waals surface area contributed by atoms with Crippen molar-refractivity contribution in [1.29, 1.82) is 0 Å². The summed E-state index contributed by atoms with van der Waals surface area (Å²) in [5.41, 5.74) is 1.07. The Balaban J connectivity index is 2.07. The van der Waals surface area contributed by atoms with Crippen molar-refractivity contribution in [3.05, 3.63) is 29.3 Å². The highest BCUT2D eigenvalue weighted by Crippen LogP contribution is 2.31. The minimum Gasteiger partial charge on any atom is -0.496 e. The molecular formula is C17H24O4. The zero-order chi connectivity index (χ0) is 15.2. The summed E-state index contributed by atoms with van der Waals surface area (Å²) >= 11 is 0. The molecule has 1 aliphatic rings. The lowest BCUT2D eigenvalue weighted by atomic mass is 9.85. The molecule has 0 amide bonds. The van der Waals surface area contributed by atoms with Gasteiger partial charge >= 0.3 is 5.97 Å². The second-order valence-electron chi connectivity index (χ2n) is 5.63. The first-order chi connectivity index (χ1) is 10.2. The van der Waals surface area contributed by atoms with Crippen LogP contribution in [0.4, 0.5) is 0 Å². The van der Waals surface area contributed by atoms with E-state index in [0.29, 0.717) is 18.3 Å². The van der Waals surface area contributed by atoms with Crippen molar-refractivity contribution >= 4 is 5.97 Å². The molecule has 1 aromatic rings. The predicted octanol–water partition coefficient (Wildman–Crippen LogP) is 3.88. The fourth-order valence-electron chi connectivity index (χ4n) is 3.08. The molecule has 1 aromatic carbocycles. The maximum Gasteiger partial charge on any atom is 0.335 e. The maximum absolute atomic E-state index is 11.1. The Labute approximate surface area is 126 Å². The summed E-state index contributed by atoms with van der Waals surface area (Å²) in [5.74, 6) is 0.374. The molecule has 1 aliphatic carbocycles. The van der Waals surface area contributed by atoms with E-state index in [9.17, 15) is 4.79 Å². The molecule has 2 atom stereocenters. The molecule has 21 heavy (non-hydrogen) atoms. The number of carboxylic acids is 1. The summed E-state index contributed by atoms with van der Waals surface area (Å²) in [6, 6.07) is 4.89. The largest absolute Gasteiger partial charge is 0.496 e. The van der Waals surface area contributed by atoms with Gasteiger partial charge in [-0.05, 0) is 37.0 Å². The summed E-state index contributed by atoms with van der Waals surface area (Å²) in [4.78, 5) is 11.1. The van der Waals surface area contributed by atoms with Gasteiger partial charge in [0, 0.05) is 5.56 Å². The predicted molar refractivity (Wildman–Crippen MR) is 80.8 cm³/mol. The van der Waals surface area contributed by atoms with Crippen molar-refractivity contribution in [2.75, 3.05) is 7.11 Å². The number of ether oxygens (including phenoxy) is 2. The van der Waals surface area contributed by atoms with E-state index in [1.165, 1.54) is 19.3 Å². The third-order valence-electron chi connectivity index (χ3n) is 4.34. The maximum atomic E-state index is 11.1. The lowest BCUT2D eigenvalue weighted by Crippen LogP contribution is -2.27. The lowest BCUT2D eigenvalue weighted by molar-refractivity contribution is -0.0227. The van der Waals surface area contributed by atoms with Crippen molar-refractivity contribution in [2.24, 2.45) is 5.92 Å². The van der Waals surface area contributed by atoms with Crippen molar-refractivity contribution in [1.82, 2.24) is 0 Å². The molecule has 2 rings (SSSR count). The Hall–Kier alpha value is -1.55. The zero-order valence-electron chi connectivity index (χ0n) is 12.8. The quantitative estimate of drug-likeness (QED) is 0.864. The monoisotopic (exact) mass is 292 g/mol. The van der Waals surface area contributed by atoms with E-state index in [2.05, 4.69) is 6.92 Å². The Morgan fingerprint density at radius 1 is 1.33 bits per heavy atom. The number of methoxy groups -OCH3 is 1. The number of carboxylic acid groups (broad SMARTS) is 1. The van der Waals surface area contributed by atoms with E-state index >= 15 is 0 Å². The van der Waals surface area contributed by atoms with Gasteiger partial charge in [-0.1, -0.05) is 26.2 Å². The van der Waals surface area contributed by atoms with Gasteiger partial charge < -0.3 is 14.6 Å². The average Bonchev–Trinajstić information content (AvgIpc) is 2.52. The summed E-state index contributed by atoms with van der Waals surface area (Å²) < 4.78 is 11.4. The smallest absolute Gasteiger partial charge is 0.335 e. The highest BCUT2D eigenvalue weighted by Gasteiger charge is 2.24. The van der Waals surface area contributed by atoms with Crippen LogP contribution in [0, 0.1) is 5.92 Å². The number of rotatable bonds is 6. The van der Waals surface area contributed by atoms with Crippen LogP contribution in [0.5, 0.6) is 5.75 Å². The van der Waals surface area contributed by atoms with E-state index in [0.717, 1.165) is 18.4 Å². The van der Waals surface area contributed by atoms with E-state index in [4.69, 9.17) is 14.6 Å². The van der Waals surface area contributed by atoms with Gasteiger partial charge in [0.05, 0.1) is 25.4 Å². The molecular weight excluding hydrogens is 268 g/mol. The van der Waals surface area contributed by atoms with E-state index in [-0.39, 0.29) is 11.7 Å². The molecule has 0 radical (unpaired) electrons. The minimum atomic E-state index is -0.928. The van der Waals surface area contributed by atoms with Crippen LogP contribution in [0.25, 0.3) is 0 Å². The second kappa shape index (κ2) is 7.46. The van der Waals surface area contributed by atoms with Crippen LogP contribution >= 0.6 is 0 Å². The molecule has 0 aromatic heterocycles. The number of aromatic carboxylic acids is 1. The summed E-state index contributed by atoms with van der Waals surface area (Å²) in [6.45, 7) is 2.61. The minimum absolute atomic E-state index is 0.269. The van der Waals surface area contributed by atoms with Crippen molar-refractivity contribution in [3.63, 3.8) is 0 Å². The molecule has 0 heterocycles. The van der Waals surface area contributed by atoms with Gasteiger partial charge in [-0.15, -0.1) is 0 Å². The zero-order valence-corrected chi connectivity index (χ0v) is 12.8. The average molecular weight is 292 g/mol. The van der Waals surface area contributed by atoms with E-state index in [1.54, 1.807) is 25.3 Å². The molecule has 1 N–H and O–H groups in total. The molecule has 0 spiro atoms. The van der Waals surface area contributed by atoms with Gasteiger partial charge in [-0.25, -0.2) is 4.79 Å². The highest BCUT2D eigenvalue weighted by atomic mass is 16.5. The standard InChI is InChI=1S/C17H24O4/c1-3-12-6-4-5-7-16(12)21-11-14-10-13(17(18)19)8-9-15(14)20-2/h8-10,12,16H,3-7,11H2,1-2H3,(H,18,19). The van der Waals surface area contributed by atoms with Crippen LogP contribution in [-0.4, -0.2) is 24.3 Å². The topological polar surface area (TPSA) is 55.8 Å². The lowest BCUT2D eigenvalue weighted by Gasteiger charge is -2.31. The summed E-state index contributed by atoms with van der Waals surface area (Å²) in [7, 11) is 1.59. The molecule has 0 saturated heterocycles. The van der Waals surface area contributed by atoms with Crippen LogP contribution in [0.3, 0.4) is 0 Å². The number of carbonyl (C=O) groups is 1. The number of benzene rings is 1. The summed E-state index contributed by atoms with van der Waals surface area (Å²) in [6.07, 6.45) is 6.25. The molecule has 1 saturated carbocycles. The normalized spacial score (nSPS) is 22.0. The van der Waals surface area contributed by atoms with Gasteiger partial charge in [-0.3, -0.25) is 0 Å². The Bertz CT molecular complexity index is 484. The fourth-order valence-corrected chi connectivity index (χ4v) is 3.08. The first kappa shape index (κ1) is 15.8. The fraction of sp³-hybridized carbons (Fsp3) is 0.588. The van der Waals surface area contributed by atoms with Gasteiger partial charge in [0.25, 0.3) is 0 Å². The molecule has 116 valence electrons. The summed E-state index contributed by atoms with van der Waals surface area (Å²) in [5, 5.41) is 9.09. The second-order valence-corrected chi connectivity index (χ2v) is 5.63. The van der Waals surface area contributed by atoms with E-state index in [1.807, 2.05) is 0 Å². The van der Waals surface area contributed by atoms with Crippen LogP contribution < -0.4 is 4.74 Å². The molecule has 1 fully saturated rings. The van der Waals surface area contributed by atoms with E-state index < -0.39 is 5.97 Å². The molecule has 4 nitrogen and oxygen atoms in total. The van der Waals surface area contributed by atoms with Crippen molar-refractivity contribution < 1.29 is 19.4 Å². The van der Waals surface area contributed by atoms with Crippen LogP contribution in [0.1, 0.15) is 54.9 Å². The SMILES string of the molecule is CCC1CCCCC1OCc1cc(C(=O)O)ccc1OC. The Morgan fingerprint density at radius 2 is 2.10 bits per heavy atom. The van der Waals surface area contributed by atoms with Crippen molar-refractivity contribution in [2.45, 2.75) is 51.7 Å². The Morgan fingerprint density at radius 3 is 2.76 bits per heavy atom. The van der Waals surface area contributed by atoms with Crippen molar-refractivity contribution in [3.8, 4) is 5.75 Å². The third kappa shape index (κ3) is 3.97. The third-order valence-corrected chi connectivity index (χ3v) is 4.34. The van der Waals surface area contributed by atoms with Gasteiger partial charge in [0.15, 0.2) is 0 Å². The van der Waals surface area contributed by atoms with Gasteiger partial charge in [0.2, 0.25) is 0 Å². The molecule has 0 aliphatic heterocycles. The number of hydrogen-bond acceptors (Lipinski definition) is 3. The first-order valence-electron chi connectivity index (χ1n) is 7.67. The molecule has 4 heteroatoms. The Kier molecular flexibility index (Phi) is 5.62. The number of hydrogen-bond donors (Lipinski definition) is 1. The van der Waals surface area contributed by atoms with Gasteiger partial charge in [-0.2, -0.15) is 0 Å². The first-order valence-corrected chi connectivity index (χ1v) is 7.67. The molecule has 2 unspecified atom stereocenters. The highest BCUT2D eigenvalue weighted by molar-refractivity contribution is 5.88.